The van der Waals surface area contributed by atoms with Gasteiger partial charge in [0.05, 0.1) is 23.6 Å². The molecular weight excluding hydrogens is 540 g/mol. The molecule has 1 spiro atoms. The van der Waals surface area contributed by atoms with Crippen LogP contribution in [0.15, 0.2) is 65.8 Å². The first-order valence-electron chi connectivity index (χ1n) is 13.2. The van der Waals surface area contributed by atoms with Crippen molar-refractivity contribution in [1.82, 2.24) is 14.2 Å². The number of benzene rings is 2. The molecule has 3 aliphatic rings. The number of carbonyl (C=O) groups is 1. The number of hydrogen-bond acceptors (Lipinski definition) is 8. The van der Waals surface area contributed by atoms with Crippen LogP contribution in [-0.4, -0.2) is 85.8 Å². The van der Waals surface area contributed by atoms with E-state index in [1.807, 2.05) is 17.0 Å². The summed E-state index contributed by atoms with van der Waals surface area (Å²) in [6.07, 6.45) is 4.99. The monoisotopic (exact) mass is 570 g/mol. The average Bonchev–Trinajstić information content (AvgIpc) is 3.27. The van der Waals surface area contributed by atoms with Crippen LogP contribution in [0, 0.1) is 0 Å². The molecule has 0 N–H and O–H groups in total. The van der Waals surface area contributed by atoms with Crippen molar-refractivity contribution >= 4 is 44.1 Å². The molecule has 9 nitrogen and oxygen atoms in total. The minimum absolute atomic E-state index is 0.122. The van der Waals surface area contributed by atoms with Gasteiger partial charge in [-0.3, -0.25) is 9.88 Å². The summed E-state index contributed by atoms with van der Waals surface area (Å²) >= 11 is 6.10. The number of nitrogens with zero attached hydrogens (tertiary/aromatic N) is 4. The van der Waals surface area contributed by atoms with Crippen LogP contribution in [0.3, 0.4) is 0 Å². The number of rotatable bonds is 5. The lowest BCUT2D eigenvalue weighted by molar-refractivity contribution is -0.204. The van der Waals surface area contributed by atoms with Crippen LogP contribution in [0.5, 0.6) is 0 Å². The van der Waals surface area contributed by atoms with Gasteiger partial charge in [0.15, 0.2) is 0 Å². The zero-order chi connectivity index (χ0) is 27.3. The third kappa shape index (κ3) is 4.68. The minimum Gasteiger partial charge on any atom is -0.463 e. The van der Waals surface area contributed by atoms with Gasteiger partial charge in [-0.1, -0.05) is 23.7 Å². The predicted octanol–water partition coefficient (Wildman–Crippen LogP) is 3.52. The number of fused-ring (bicyclic) bond motifs is 2. The highest BCUT2D eigenvalue weighted by molar-refractivity contribution is 7.89. The molecule has 1 unspecified atom stereocenters. The molecule has 0 saturated carbocycles. The molecule has 0 aliphatic carbocycles. The molecule has 3 fully saturated rings. The quantitative estimate of drug-likeness (QED) is 0.430. The molecular formula is C28H31ClN4O5S. The highest BCUT2D eigenvalue weighted by Crippen LogP contribution is 2.44. The van der Waals surface area contributed by atoms with Gasteiger partial charge in [0.25, 0.3) is 0 Å². The van der Waals surface area contributed by atoms with Gasteiger partial charge in [-0.15, -0.1) is 0 Å². The molecule has 1 aromatic heterocycles. The number of sulfonamides is 1. The van der Waals surface area contributed by atoms with E-state index in [4.69, 9.17) is 21.1 Å². The van der Waals surface area contributed by atoms with Crippen LogP contribution in [0.1, 0.15) is 19.8 Å². The summed E-state index contributed by atoms with van der Waals surface area (Å²) in [5, 5.41) is 2.22. The fourth-order valence-corrected chi connectivity index (χ4v) is 7.71. The van der Waals surface area contributed by atoms with Crippen LogP contribution in [0.25, 0.3) is 10.8 Å². The maximum atomic E-state index is 13.8. The maximum Gasteiger partial charge on any atom is 0.355 e. The second-order valence-electron chi connectivity index (χ2n) is 10.4. The van der Waals surface area contributed by atoms with Gasteiger partial charge in [0, 0.05) is 55.8 Å². The van der Waals surface area contributed by atoms with Crippen molar-refractivity contribution in [3.05, 3.63) is 65.9 Å². The second kappa shape index (κ2) is 10.0. The Morgan fingerprint density at radius 1 is 1.00 bits per heavy atom. The SMILES string of the molecule is CCOC(=O)C12CN(S(=O)(=O)c3ccc4cc(Cl)ccc4c3)CCN1CC1(CCN(c3ccncc3)CC1)O2. The molecule has 11 heteroatoms. The summed E-state index contributed by atoms with van der Waals surface area (Å²) < 4.78 is 41.2. The summed E-state index contributed by atoms with van der Waals surface area (Å²) in [5.74, 6) is -0.536. The first kappa shape index (κ1) is 26.5. The van der Waals surface area contributed by atoms with Gasteiger partial charge >= 0.3 is 5.97 Å². The fourth-order valence-electron chi connectivity index (χ4n) is 6.05. The third-order valence-electron chi connectivity index (χ3n) is 8.09. The van der Waals surface area contributed by atoms with E-state index >= 15 is 0 Å². The van der Waals surface area contributed by atoms with Crippen LogP contribution >= 0.6 is 11.6 Å². The van der Waals surface area contributed by atoms with Crippen molar-refractivity contribution in [1.29, 1.82) is 0 Å². The summed E-state index contributed by atoms with van der Waals surface area (Å²) in [5.41, 5.74) is -0.936. The lowest BCUT2D eigenvalue weighted by atomic mass is 9.91. The number of pyridine rings is 1. The van der Waals surface area contributed by atoms with Crippen molar-refractivity contribution in [3.8, 4) is 0 Å². The average molecular weight is 571 g/mol. The lowest BCUT2D eigenvalue weighted by Gasteiger charge is -2.43. The van der Waals surface area contributed by atoms with Crippen molar-refractivity contribution in [2.75, 3.05) is 50.8 Å². The van der Waals surface area contributed by atoms with E-state index in [1.165, 1.54) is 4.31 Å². The summed E-state index contributed by atoms with van der Waals surface area (Å²) in [6.45, 7) is 4.51. The van der Waals surface area contributed by atoms with Crippen LogP contribution in [0.2, 0.25) is 5.02 Å². The number of halogens is 1. The van der Waals surface area contributed by atoms with Crippen molar-refractivity contribution in [2.24, 2.45) is 0 Å². The molecule has 0 amide bonds. The molecule has 0 bridgehead atoms. The summed E-state index contributed by atoms with van der Waals surface area (Å²) in [4.78, 5) is 22.0. The lowest BCUT2D eigenvalue weighted by Crippen LogP contribution is -2.65. The number of anilines is 1. The summed E-state index contributed by atoms with van der Waals surface area (Å²) in [7, 11) is -3.90. The largest absolute Gasteiger partial charge is 0.463 e. The Balaban J connectivity index is 1.27. The highest BCUT2D eigenvalue weighted by atomic mass is 35.5. The van der Waals surface area contributed by atoms with Crippen molar-refractivity contribution in [3.63, 3.8) is 0 Å². The first-order chi connectivity index (χ1) is 18.7. The molecule has 6 rings (SSSR count). The smallest absolute Gasteiger partial charge is 0.355 e. The molecule has 4 heterocycles. The van der Waals surface area contributed by atoms with Gasteiger partial charge in [0.1, 0.15) is 0 Å². The Morgan fingerprint density at radius 3 is 2.46 bits per heavy atom. The van der Waals surface area contributed by atoms with Crippen molar-refractivity contribution < 1.29 is 22.7 Å². The number of carbonyl (C=O) groups excluding carboxylic acids is 1. The molecule has 3 aliphatic heterocycles. The van der Waals surface area contributed by atoms with E-state index < -0.39 is 27.3 Å². The van der Waals surface area contributed by atoms with Gasteiger partial charge in [-0.25, -0.2) is 13.2 Å². The topological polar surface area (TPSA) is 92.3 Å². The van der Waals surface area contributed by atoms with E-state index in [9.17, 15) is 13.2 Å². The molecule has 39 heavy (non-hydrogen) atoms. The molecule has 3 aromatic rings. The third-order valence-corrected chi connectivity index (χ3v) is 10.2. The summed E-state index contributed by atoms with van der Waals surface area (Å²) in [6, 6.07) is 14.3. The van der Waals surface area contributed by atoms with Gasteiger partial charge in [0.2, 0.25) is 15.7 Å². The van der Waals surface area contributed by atoms with Gasteiger partial charge in [-0.2, -0.15) is 4.31 Å². The minimum atomic E-state index is -3.90. The van der Waals surface area contributed by atoms with E-state index in [1.54, 1.807) is 55.7 Å². The highest BCUT2D eigenvalue weighted by Gasteiger charge is 2.63. The number of ether oxygens (including phenoxy) is 2. The molecule has 2 aromatic carbocycles. The molecule has 0 radical (unpaired) electrons. The Bertz CT molecular complexity index is 1500. The van der Waals surface area contributed by atoms with Crippen LogP contribution in [0.4, 0.5) is 5.69 Å². The molecule has 206 valence electrons. The molecule has 1 atom stereocenters. The Hall–Kier alpha value is -2.76. The van der Waals surface area contributed by atoms with Gasteiger partial charge in [-0.05, 0) is 66.9 Å². The number of aromatic nitrogens is 1. The number of hydrogen-bond donors (Lipinski definition) is 0. The zero-order valence-electron chi connectivity index (χ0n) is 21.8. The number of esters is 1. The second-order valence-corrected chi connectivity index (χ2v) is 12.8. The van der Waals surface area contributed by atoms with Crippen molar-refractivity contribution in [2.45, 2.75) is 36.0 Å². The normalized spacial score (nSPS) is 23.7. The van der Waals surface area contributed by atoms with Gasteiger partial charge < -0.3 is 14.4 Å². The van der Waals surface area contributed by atoms with E-state index in [2.05, 4.69) is 9.88 Å². The predicted molar refractivity (Wildman–Crippen MR) is 148 cm³/mol. The maximum absolute atomic E-state index is 13.8. The molecule has 3 saturated heterocycles. The van der Waals surface area contributed by atoms with E-state index in [0.29, 0.717) is 31.0 Å². The first-order valence-corrected chi connectivity index (χ1v) is 15.0. The zero-order valence-corrected chi connectivity index (χ0v) is 23.3. The Labute approximate surface area is 233 Å². The standard InChI is InChI=1S/C28H31ClN4O5S/c1-2-37-26(34)28-20-33(39(35,36)25-6-4-21-17-23(29)5-3-22(21)18-25)16-15-32(28)19-27(38-28)9-13-31(14-10-27)24-7-11-30-12-8-24/h3-8,11-12,17-18H,2,9-10,13-16,19-20H2,1H3. The number of piperidine rings is 1. The van der Waals surface area contributed by atoms with Crippen LogP contribution < -0.4 is 4.90 Å². The fraction of sp³-hybridized carbons (Fsp3) is 0.429. The Kier molecular flexibility index (Phi) is 6.79. The van der Waals surface area contributed by atoms with Crippen LogP contribution in [-0.2, 0) is 24.3 Å². The Morgan fingerprint density at radius 2 is 1.72 bits per heavy atom. The van der Waals surface area contributed by atoms with E-state index in [-0.39, 0.29) is 24.6 Å². The van der Waals surface area contributed by atoms with E-state index in [0.717, 1.165) is 29.5 Å². The number of piperazine rings is 1.